The Bertz CT molecular complexity index is 1180. The molecule has 2 aromatic carbocycles. The quantitative estimate of drug-likeness (QED) is 0.604. The van der Waals surface area contributed by atoms with Gasteiger partial charge in [-0.15, -0.1) is 0 Å². The molecule has 0 fully saturated rings. The highest BCUT2D eigenvalue weighted by atomic mass is 16.4. The van der Waals surface area contributed by atoms with E-state index in [0.29, 0.717) is 16.3 Å². The lowest BCUT2D eigenvalue weighted by Crippen LogP contribution is -2.34. The van der Waals surface area contributed by atoms with E-state index in [2.05, 4.69) is 42.6 Å². The van der Waals surface area contributed by atoms with Gasteiger partial charge in [0.2, 0.25) is 0 Å². The molecular weight excluding hydrogens is 378 g/mol. The number of rotatable bonds is 8. The second kappa shape index (κ2) is 9.31. The van der Waals surface area contributed by atoms with E-state index in [1.54, 1.807) is 18.2 Å². The van der Waals surface area contributed by atoms with Crippen LogP contribution in [-0.4, -0.2) is 33.9 Å². The summed E-state index contributed by atoms with van der Waals surface area (Å²) in [6, 6.07) is 14.4. The Kier molecular flexibility index (Phi) is 6.57. The lowest BCUT2D eigenvalue weighted by molar-refractivity contribution is 0.0697. The summed E-state index contributed by atoms with van der Waals surface area (Å²) in [5.74, 6) is -1.04. The van der Waals surface area contributed by atoms with Crippen molar-refractivity contribution in [1.29, 1.82) is 0 Å². The Morgan fingerprint density at radius 1 is 1.13 bits per heavy atom. The third-order valence-corrected chi connectivity index (χ3v) is 4.91. The van der Waals surface area contributed by atoms with Gasteiger partial charge in [-0.25, -0.2) is 9.48 Å². The van der Waals surface area contributed by atoms with E-state index in [4.69, 9.17) is 0 Å². The van der Waals surface area contributed by atoms with Crippen LogP contribution in [0.15, 0.2) is 53.3 Å². The topological polar surface area (TPSA) is 78.3 Å². The van der Waals surface area contributed by atoms with Crippen molar-refractivity contribution in [2.45, 2.75) is 26.7 Å². The SMILES string of the molecule is C=c1[nH]n(-c2cccc(C(=O)O)c2)c(=O)/c1=C/c1ccc(N(CCC)CCC)cc1. The Morgan fingerprint density at radius 2 is 1.80 bits per heavy atom. The molecule has 3 rings (SSSR count). The predicted molar refractivity (Wildman–Crippen MR) is 121 cm³/mol. The average Bonchev–Trinajstić information content (AvgIpc) is 3.02. The van der Waals surface area contributed by atoms with E-state index in [1.165, 1.54) is 22.5 Å². The molecule has 0 radical (unpaired) electrons. The summed E-state index contributed by atoms with van der Waals surface area (Å²) in [7, 11) is 0. The molecule has 2 N–H and O–H groups in total. The largest absolute Gasteiger partial charge is 0.478 e. The molecule has 0 aliphatic carbocycles. The van der Waals surface area contributed by atoms with Crippen molar-refractivity contribution in [1.82, 2.24) is 9.78 Å². The second-order valence-electron chi connectivity index (χ2n) is 7.22. The van der Waals surface area contributed by atoms with E-state index in [9.17, 15) is 14.7 Å². The Labute approximate surface area is 175 Å². The van der Waals surface area contributed by atoms with Crippen LogP contribution < -0.4 is 21.0 Å². The first-order chi connectivity index (χ1) is 14.4. The maximum Gasteiger partial charge on any atom is 0.335 e. The van der Waals surface area contributed by atoms with Crippen LogP contribution in [-0.2, 0) is 0 Å². The molecule has 0 unspecified atom stereocenters. The molecule has 0 bridgehead atoms. The summed E-state index contributed by atoms with van der Waals surface area (Å²) < 4.78 is 1.32. The molecule has 0 aliphatic heterocycles. The van der Waals surface area contributed by atoms with Crippen LogP contribution in [0.5, 0.6) is 0 Å². The van der Waals surface area contributed by atoms with Crippen LogP contribution in [0.25, 0.3) is 18.3 Å². The summed E-state index contributed by atoms with van der Waals surface area (Å²) in [6.07, 6.45) is 3.97. The van der Waals surface area contributed by atoms with E-state index in [-0.39, 0.29) is 11.1 Å². The van der Waals surface area contributed by atoms with Gasteiger partial charge in [0.25, 0.3) is 5.56 Å². The Hall–Kier alpha value is -3.54. The molecule has 6 heteroatoms. The number of carbonyl (C=O) groups is 1. The lowest BCUT2D eigenvalue weighted by atomic mass is 10.1. The third kappa shape index (κ3) is 4.54. The van der Waals surface area contributed by atoms with Crippen molar-refractivity contribution in [3.63, 3.8) is 0 Å². The van der Waals surface area contributed by atoms with Crippen LogP contribution in [0.2, 0.25) is 0 Å². The standard InChI is InChI=1S/C24H27N3O3/c1-4-13-26(14-5-2)20-11-9-18(10-12-20)15-22-17(3)25-27(23(22)28)21-8-6-7-19(16-21)24(29)30/h6-12,15-16,25H,3-5,13-14H2,1-2H3,(H,29,30)/b22-15+. The second-order valence-corrected chi connectivity index (χ2v) is 7.22. The van der Waals surface area contributed by atoms with Gasteiger partial charge < -0.3 is 10.0 Å². The number of carboxylic acids is 1. The third-order valence-electron chi connectivity index (χ3n) is 4.91. The first-order valence-electron chi connectivity index (χ1n) is 10.1. The number of hydrogen-bond donors (Lipinski definition) is 2. The minimum absolute atomic E-state index is 0.115. The fraction of sp³-hybridized carbons (Fsp3) is 0.250. The highest BCUT2D eigenvalue weighted by molar-refractivity contribution is 5.88. The van der Waals surface area contributed by atoms with Crippen LogP contribution in [0.4, 0.5) is 5.69 Å². The van der Waals surface area contributed by atoms with Gasteiger partial charge in [0, 0.05) is 18.8 Å². The van der Waals surface area contributed by atoms with Crippen molar-refractivity contribution < 1.29 is 9.90 Å². The number of H-pyrrole nitrogens is 1. The smallest absolute Gasteiger partial charge is 0.335 e. The lowest BCUT2D eigenvalue weighted by Gasteiger charge is -2.23. The van der Waals surface area contributed by atoms with Gasteiger partial charge in [-0.05, 0) is 54.8 Å². The molecule has 0 atom stereocenters. The minimum Gasteiger partial charge on any atom is -0.478 e. The summed E-state index contributed by atoms with van der Waals surface area (Å²) >= 11 is 0. The van der Waals surface area contributed by atoms with Crippen LogP contribution in [0.3, 0.4) is 0 Å². The number of aromatic nitrogens is 2. The maximum atomic E-state index is 12.9. The molecule has 0 spiro atoms. The van der Waals surface area contributed by atoms with Crippen molar-refractivity contribution >= 4 is 24.3 Å². The molecule has 1 aromatic heterocycles. The highest BCUT2D eigenvalue weighted by Crippen LogP contribution is 2.16. The van der Waals surface area contributed by atoms with E-state index in [0.717, 1.165) is 31.5 Å². The van der Waals surface area contributed by atoms with Crippen molar-refractivity contribution in [2.75, 3.05) is 18.0 Å². The normalized spacial score (nSPS) is 11.6. The van der Waals surface area contributed by atoms with Gasteiger partial charge in [0.1, 0.15) is 0 Å². The average molecular weight is 405 g/mol. The number of aromatic amines is 1. The molecule has 0 saturated heterocycles. The maximum absolute atomic E-state index is 12.9. The molecule has 156 valence electrons. The molecule has 1 heterocycles. The van der Waals surface area contributed by atoms with Crippen molar-refractivity contribution in [3.8, 4) is 5.69 Å². The van der Waals surface area contributed by atoms with Crippen molar-refractivity contribution in [2.24, 2.45) is 0 Å². The van der Waals surface area contributed by atoms with Gasteiger partial charge >= 0.3 is 5.97 Å². The molecular formula is C24H27N3O3. The molecule has 30 heavy (non-hydrogen) atoms. The predicted octanol–water partition coefficient (Wildman–Crippen LogP) is 2.73. The Morgan fingerprint density at radius 3 is 2.40 bits per heavy atom. The van der Waals surface area contributed by atoms with Gasteiger partial charge in [-0.1, -0.05) is 38.6 Å². The number of benzene rings is 2. The zero-order valence-corrected chi connectivity index (χ0v) is 17.4. The molecule has 0 saturated carbocycles. The van der Waals surface area contributed by atoms with E-state index < -0.39 is 5.97 Å². The number of nitrogens with zero attached hydrogens (tertiary/aromatic N) is 2. The monoisotopic (exact) mass is 405 g/mol. The van der Waals surface area contributed by atoms with Gasteiger partial charge in [-0.3, -0.25) is 9.89 Å². The zero-order valence-electron chi connectivity index (χ0n) is 17.4. The zero-order chi connectivity index (χ0) is 21.7. The van der Waals surface area contributed by atoms with Crippen LogP contribution >= 0.6 is 0 Å². The van der Waals surface area contributed by atoms with Crippen LogP contribution in [0.1, 0.15) is 42.6 Å². The summed E-state index contributed by atoms with van der Waals surface area (Å²) in [5.41, 5.74) is 2.37. The minimum atomic E-state index is -1.04. The number of hydrogen-bond acceptors (Lipinski definition) is 3. The summed E-state index contributed by atoms with van der Waals surface area (Å²) in [4.78, 5) is 26.5. The van der Waals surface area contributed by atoms with Gasteiger partial charge in [-0.2, -0.15) is 0 Å². The van der Waals surface area contributed by atoms with Gasteiger partial charge in [0.15, 0.2) is 0 Å². The first-order valence-corrected chi connectivity index (χ1v) is 10.1. The van der Waals surface area contributed by atoms with Crippen molar-refractivity contribution in [3.05, 3.63) is 80.6 Å². The fourth-order valence-corrected chi connectivity index (χ4v) is 3.46. The molecule has 6 nitrogen and oxygen atoms in total. The number of carboxylic acid groups (broad SMARTS) is 1. The summed E-state index contributed by atoms with van der Waals surface area (Å²) in [6.45, 7) is 10.3. The Balaban J connectivity index is 1.97. The van der Waals surface area contributed by atoms with E-state index >= 15 is 0 Å². The molecule has 0 aliphatic rings. The fourth-order valence-electron chi connectivity index (χ4n) is 3.46. The summed E-state index contributed by atoms with van der Waals surface area (Å²) in [5, 5.41) is 13.1. The van der Waals surface area contributed by atoms with Gasteiger partial charge in [0.05, 0.1) is 21.8 Å². The first kappa shape index (κ1) is 21.2. The molecule has 0 amide bonds. The number of anilines is 1. The number of nitrogens with one attached hydrogen (secondary N) is 1. The number of aromatic carboxylic acids is 1. The van der Waals surface area contributed by atoms with Crippen LogP contribution in [0, 0.1) is 0 Å². The highest BCUT2D eigenvalue weighted by Gasteiger charge is 2.09. The van der Waals surface area contributed by atoms with E-state index in [1.807, 2.05) is 12.1 Å². The molecule has 3 aromatic rings.